The summed E-state index contributed by atoms with van der Waals surface area (Å²) in [4.78, 5) is 33.8. The molecule has 0 spiro atoms. The van der Waals surface area contributed by atoms with Crippen molar-refractivity contribution in [1.29, 1.82) is 0 Å². The number of rotatable bonds is 7. The molecule has 0 atom stereocenters. The number of carbonyl (C=O) groups excluding carboxylic acids is 2. The lowest BCUT2D eigenvalue weighted by molar-refractivity contribution is -0.384. The van der Waals surface area contributed by atoms with Crippen molar-refractivity contribution in [3.05, 3.63) is 88.2 Å². The van der Waals surface area contributed by atoms with E-state index in [1.165, 1.54) is 18.3 Å². The van der Waals surface area contributed by atoms with Crippen LogP contribution < -0.4 is 10.7 Å². The number of carbonyl (C=O) groups is 2. The van der Waals surface area contributed by atoms with Crippen LogP contribution in [0.3, 0.4) is 0 Å². The Bertz CT molecular complexity index is 1060. The van der Waals surface area contributed by atoms with E-state index in [-0.39, 0.29) is 5.69 Å². The summed E-state index contributed by atoms with van der Waals surface area (Å²) in [5, 5.41) is 16.9. The predicted octanol–water partition coefficient (Wildman–Crippen LogP) is 2.66. The Morgan fingerprint density at radius 3 is 2.43 bits per heavy atom. The highest BCUT2D eigenvalue weighted by Gasteiger charge is 2.12. The third kappa shape index (κ3) is 5.61. The molecule has 0 unspecified atom stereocenters. The Morgan fingerprint density at radius 2 is 1.73 bits per heavy atom. The molecule has 0 fully saturated rings. The van der Waals surface area contributed by atoms with Crippen LogP contribution >= 0.6 is 0 Å². The fourth-order valence-corrected chi connectivity index (χ4v) is 2.58. The van der Waals surface area contributed by atoms with E-state index in [2.05, 4.69) is 15.8 Å². The Kier molecular flexibility index (Phi) is 6.67. The molecule has 0 saturated carbocycles. The highest BCUT2D eigenvalue weighted by atomic mass is 16.6. The van der Waals surface area contributed by atoms with E-state index in [1.807, 2.05) is 30.3 Å². The van der Waals surface area contributed by atoms with Crippen LogP contribution in [0.1, 0.15) is 11.3 Å². The lowest BCUT2D eigenvalue weighted by Gasteiger charge is -2.03. The molecule has 30 heavy (non-hydrogen) atoms. The first-order valence-electron chi connectivity index (χ1n) is 9.03. The molecular weight excluding hydrogens is 388 g/mol. The second-order valence-corrected chi connectivity index (χ2v) is 6.20. The van der Waals surface area contributed by atoms with Gasteiger partial charge in [0.1, 0.15) is 11.5 Å². The molecule has 9 nitrogen and oxygen atoms in total. The molecule has 0 aliphatic rings. The summed E-state index contributed by atoms with van der Waals surface area (Å²) in [5.74, 6) is -0.847. The Hall–Kier alpha value is -4.27. The zero-order valence-corrected chi connectivity index (χ0v) is 15.8. The monoisotopic (exact) mass is 406 g/mol. The average Bonchev–Trinajstić information content (AvgIpc) is 3.23. The van der Waals surface area contributed by atoms with E-state index in [1.54, 1.807) is 24.3 Å². The molecule has 2 aromatic carbocycles. The number of furan rings is 1. The summed E-state index contributed by atoms with van der Waals surface area (Å²) < 4.78 is 5.56. The molecule has 2 N–H and O–H groups in total. The molecule has 0 aliphatic carbocycles. The van der Waals surface area contributed by atoms with Gasteiger partial charge in [-0.15, -0.1) is 0 Å². The van der Waals surface area contributed by atoms with Crippen molar-refractivity contribution in [3.63, 3.8) is 0 Å². The minimum atomic E-state index is -0.888. The van der Waals surface area contributed by atoms with Gasteiger partial charge in [0.25, 0.3) is 5.69 Å². The zero-order valence-electron chi connectivity index (χ0n) is 15.8. The van der Waals surface area contributed by atoms with Gasteiger partial charge in [0.15, 0.2) is 0 Å². The fourth-order valence-electron chi connectivity index (χ4n) is 2.58. The van der Waals surface area contributed by atoms with Gasteiger partial charge in [0.2, 0.25) is 0 Å². The van der Waals surface area contributed by atoms with E-state index < -0.39 is 16.7 Å². The normalized spacial score (nSPS) is 10.7. The van der Waals surface area contributed by atoms with Crippen molar-refractivity contribution in [1.82, 2.24) is 10.7 Å². The van der Waals surface area contributed by atoms with E-state index in [4.69, 9.17) is 4.42 Å². The molecule has 0 aliphatic heterocycles. The predicted molar refractivity (Wildman–Crippen MR) is 110 cm³/mol. The summed E-state index contributed by atoms with van der Waals surface area (Å²) in [5.41, 5.74) is 3.82. The molecular formula is C21H18N4O5. The van der Waals surface area contributed by atoms with Crippen molar-refractivity contribution >= 4 is 23.7 Å². The molecule has 3 aromatic rings. The number of benzene rings is 2. The van der Waals surface area contributed by atoms with Crippen molar-refractivity contribution in [2.24, 2.45) is 5.10 Å². The lowest BCUT2D eigenvalue weighted by atomic mass is 10.1. The minimum Gasteiger partial charge on any atom is -0.455 e. The summed E-state index contributed by atoms with van der Waals surface area (Å²) in [6.45, 7) is 0.330. The molecule has 1 heterocycles. The number of hydrogen-bond donors (Lipinski definition) is 2. The Balaban J connectivity index is 1.47. The first-order chi connectivity index (χ1) is 14.5. The minimum absolute atomic E-state index is 0.0168. The standard InChI is InChI=1S/C21H18N4O5/c26-20(22-13-12-15-4-2-1-3-5-15)21(27)24-23-14-18-10-11-19(30-18)16-6-8-17(9-7-16)25(28)29/h1-11,14H,12-13H2,(H,22,26)(H,24,27)/b23-14+. The maximum atomic E-state index is 11.8. The molecule has 0 radical (unpaired) electrons. The van der Waals surface area contributed by atoms with Crippen LogP contribution in [0.5, 0.6) is 0 Å². The van der Waals surface area contributed by atoms with Gasteiger partial charge in [-0.25, -0.2) is 5.43 Å². The first kappa shape index (κ1) is 20.5. The summed E-state index contributed by atoms with van der Waals surface area (Å²) in [7, 11) is 0. The Morgan fingerprint density at radius 1 is 1.00 bits per heavy atom. The van der Waals surface area contributed by atoms with Crippen LogP contribution in [0.4, 0.5) is 5.69 Å². The van der Waals surface area contributed by atoms with Crippen molar-refractivity contribution in [2.75, 3.05) is 6.54 Å². The summed E-state index contributed by atoms with van der Waals surface area (Å²) >= 11 is 0. The van der Waals surface area contributed by atoms with Crippen LogP contribution in [0, 0.1) is 10.1 Å². The number of nitrogens with one attached hydrogen (secondary N) is 2. The topological polar surface area (TPSA) is 127 Å². The number of nitro groups is 1. The fraction of sp³-hybridized carbons (Fsp3) is 0.0952. The maximum Gasteiger partial charge on any atom is 0.329 e. The molecule has 3 rings (SSSR count). The third-order valence-electron chi connectivity index (χ3n) is 4.10. The number of hydrogen-bond acceptors (Lipinski definition) is 6. The number of hydrazone groups is 1. The first-order valence-corrected chi connectivity index (χ1v) is 9.03. The van der Waals surface area contributed by atoms with Crippen LogP contribution in [0.15, 0.2) is 76.2 Å². The van der Waals surface area contributed by atoms with Gasteiger partial charge in [0, 0.05) is 24.2 Å². The molecule has 9 heteroatoms. The van der Waals surface area contributed by atoms with E-state index in [0.717, 1.165) is 5.56 Å². The van der Waals surface area contributed by atoms with Crippen LogP contribution in [0.25, 0.3) is 11.3 Å². The van der Waals surface area contributed by atoms with Crippen molar-refractivity contribution in [2.45, 2.75) is 6.42 Å². The van der Waals surface area contributed by atoms with Crippen LogP contribution in [0.2, 0.25) is 0 Å². The van der Waals surface area contributed by atoms with Crippen LogP contribution in [-0.4, -0.2) is 29.5 Å². The second-order valence-electron chi connectivity index (χ2n) is 6.20. The average molecular weight is 406 g/mol. The zero-order chi connectivity index (χ0) is 21.3. The smallest absolute Gasteiger partial charge is 0.329 e. The maximum absolute atomic E-state index is 11.8. The molecule has 2 amide bonds. The van der Waals surface area contributed by atoms with Gasteiger partial charge >= 0.3 is 11.8 Å². The van der Waals surface area contributed by atoms with Crippen molar-refractivity contribution < 1.29 is 18.9 Å². The quantitative estimate of drug-likeness (QED) is 0.270. The molecule has 1 aromatic heterocycles. The molecule has 152 valence electrons. The largest absolute Gasteiger partial charge is 0.455 e. The highest BCUT2D eigenvalue weighted by Crippen LogP contribution is 2.23. The second kappa shape index (κ2) is 9.78. The SMILES string of the molecule is O=C(NCCc1ccccc1)C(=O)N/N=C/c1ccc(-c2ccc([N+](=O)[O-])cc2)o1. The Labute approximate surface area is 171 Å². The summed E-state index contributed by atoms with van der Waals surface area (Å²) in [6, 6.07) is 18.8. The van der Waals surface area contributed by atoms with E-state index in [0.29, 0.717) is 30.0 Å². The van der Waals surface area contributed by atoms with E-state index >= 15 is 0 Å². The highest BCUT2D eigenvalue weighted by molar-refractivity contribution is 6.35. The van der Waals surface area contributed by atoms with Gasteiger partial charge in [-0.3, -0.25) is 19.7 Å². The molecule has 0 bridgehead atoms. The van der Waals surface area contributed by atoms with Gasteiger partial charge < -0.3 is 9.73 Å². The van der Waals surface area contributed by atoms with Gasteiger partial charge in [0.05, 0.1) is 11.1 Å². The third-order valence-corrected chi connectivity index (χ3v) is 4.10. The van der Waals surface area contributed by atoms with Crippen LogP contribution in [-0.2, 0) is 16.0 Å². The van der Waals surface area contributed by atoms with Gasteiger partial charge in [-0.2, -0.15) is 5.10 Å². The van der Waals surface area contributed by atoms with Crippen molar-refractivity contribution in [3.8, 4) is 11.3 Å². The van der Waals surface area contributed by atoms with Gasteiger partial charge in [-0.05, 0) is 36.2 Å². The molecule has 0 saturated heterocycles. The van der Waals surface area contributed by atoms with E-state index in [9.17, 15) is 19.7 Å². The number of nitro benzene ring substituents is 1. The number of nitrogens with zero attached hydrogens (tertiary/aromatic N) is 2. The lowest BCUT2D eigenvalue weighted by Crippen LogP contribution is -2.38. The number of amides is 2. The van der Waals surface area contributed by atoms with Gasteiger partial charge in [-0.1, -0.05) is 30.3 Å². The summed E-state index contributed by atoms with van der Waals surface area (Å²) in [6.07, 6.45) is 1.87. The number of non-ortho nitro benzene ring substituents is 1.